The van der Waals surface area contributed by atoms with Crippen molar-refractivity contribution in [2.45, 2.75) is 12.8 Å². The zero-order valence-electron chi connectivity index (χ0n) is 18.3. The maximum absolute atomic E-state index is 13.9. The van der Waals surface area contributed by atoms with Crippen molar-refractivity contribution in [3.05, 3.63) is 77.9 Å². The SMILES string of the molecule is COc1ccc(Cc2nnc(-c3cnn4c(C(F)F)cc(-c5ccccc5OC)nc34)o2)cc1. The highest BCUT2D eigenvalue weighted by Crippen LogP contribution is 2.33. The molecule has 0 aliphatic rings. The molecule has 10 heteroatoms. The lowest BCUT2D eigenvalue weighted by atomic mass is 10.1. The van der Waals surface area contributed by atoms with Crippen LogP contribution in [0.1, 0.15) is 23.6 Å². The molecule has 0 spiro atoms. The minimum atomic E-state index is -2.78. The molecular weight excluding hydrogens is 444 g/mol. The number of para-hydroxylation sites is 1. The quantitative estimate of drug-likeness (QED) is 0.336. The average Bonchev–Trinajstić information content (AvgIpc) is 3.50. The molecule has 3 aromatic heterocycles. The summed E-state index contributed by atoms with van der Waals surface area (Å²) >= 11 is 0. The highest BCUT2D eigenvalue weighted by Gasteiger charge is 2.22. The van der Waals surface area contributed by atoms with Gasteiger partial charge in [0.15, 0.2) is 5.65 Å². The summed E-state index contributed by atoms with van der Waals surface area (Å²) in [7, 11) is 3.11. The first-order valence-corrected chi connectivity index (χ1v) is 10.3. The molecule has 0 bridgehead atoms. The Morgan fingerprint density at radius 2 is 1.76 bits per heavy atom. The Morgan fingerprint density at radius 1 is 0.971 bits per heavy atom. The van der Waals surface area contributed by atoms with Gasteiger partial charge in [-0.05, 0) is 35.9 Å². The Hall–Kier alpha value is -4.34. The van der Waals surface area contributed by atoms with Crippen LogP contribution in [0.3, 0.4) is 0 Å². The maximum atomic E-state index is 13.9. The molecule has 0 aliphatic carbocycles. The molecule has 0 radical (unpaired) electrons. The van der Waals surface area contributed by atoms with Crippen LogP contribution in [0.2, 0.25) is 0 Å². The molecule has 0 aliphatic heterocycles. The molecule has 2 aromatic carbocycles. The topological polar surface area (TPSA) is 87.6 Å². The van der Waals surface area contributed by atoms with E-state index in [0.29, 0.717) is 34.9 Å². The third-order valence-electron chi connectivity index (χ3n) is 5.32. The number of hydrogen-bond donors (Lipinski definition) is 0. The van der Waals surface area contributed by atoms with Crippen molar-refractivity contribution < 1.29 is 22.7 Å². The second-order valence-corrected chi connectivity index (χ2v) is 7.39. The Morgan fingerprint density at radius 3 is 2.50 bits per heavy atom. The van der Waals surface area contributed by atoms with Crippen molar-refractivity contribution in [2.24, 2.45) is 0 Å². The number of alkyl halides is 2. The molecule has 5 aromatic rings. The van der Waals surface area contributed by atoms with Gasteiger partial charge in [0, 0.05) is 5.56 Å². The van der Waals surface area contributed by atoms with Crippen molar-refractivity contribution in [1.82, 2.24) is 24.8 Å². The van der Waals surface area contributed by atoms with Crippen LogP contribution in [0.4, 0.5) is 8.78 Å². The summed E-state index contributed by atoms with van der Waals surface area (Å²) < 4.78 is 45.3. The van der Waals surface area contributed by atoms with E-state index >= 15 is 0 Å². The highest BCUT2D eigenvalue weighted by atomic mass is 19.3. The summed E-state index contributed by atoms with van der Waals surface area (Å²) in [5.74, 6) is 1.77. The van der Waals surface area contributed by atoms with Crippen molar-refractivity contribution in [1.29, 1.82) is 0 Å². The first-order valence-electron chi connectivity index (χ1n) is 10.3. The number of benzene rings is 2. The van der Waals surface area contributed by atoms with E-state index < -0.39 is 6.43 Å². The fourth-order valence-electron chi connectivity index (χ4n) is 3.64. The average molecular weight is 463 g/mol. The summed E-state index contributed by atoms with van der Waals surface area (Å²) in [4.78, 5) is 4.59. The Labute approximate surface area is 192 Å². The van der Waals surface area contributed by atoms with Crippen LogP contribution in [-0.2, 0) is 6.42 Å². The summed E-state index contributed by atoms with van der Waals surface area (Å²) in [5, 5.41) is 12.3. The van der Waals surface area contributed by atoms with Gasteiger partial charge in [-0.2, -0.15) is 5.10 Å². The van der Waals surface area contributed by atoms with Crippen molar-refractivity contribution in [2.75, 3.05) is 14.2 Å². The van der Waals surface area contributed by atoms with Crippen molar-refractivity contribution in [3.8, 4) is 34.2 Å². The van der Waals surface area contributed by atoms with Crippen LogP contribution in [0, 0.1) is 0 Å². The second-order valence-electron chi connectivity index (χ2n) is 7.39. The largest absolute Gasteiger partial charge is 0.497 e. The first-order chi connectivity index (χ1) is 16.6. The van der Waals surface area contributed by atoms with Crippen molar-refractivity contribution in [3.63, 3.8) is 0 Å². The summed E-state index contributed by atoms with van der Waals surface area (Å²) in [6.45, 7) is 0. The number of rotatable bonds is 7. The molecule has 0 amide bonds. The van der Waals surface area contributed by atoms with E-state index in [-0.39, 0.29) is 17.2 Å². The maximum Gasteiger partial charge on any atom is 0.280 e. The first kappa shape index (κ1) is 21.5. The Balaban J connectivity index is 1.56. The number of ether oxygens (including phenoxy) is 2. The van der Waals surface area contributed by atoms with Crippen LogP contribution < -0.4 is 9.47 Å². The zero-order valence-corrected chi connectivity index (χ0v) is 18.3. The number of nitrogens with zero attached hydrogens (tertiary/aromatic N) is 5. The van der Waals surface area contributed by atoms with Gasteiger partial charge in [0.05, 0.1) is 32.5 Å². The van der Waals surface area contributed by atoms with Crippen LogP contribution in [0.5, 0.6) is 11.5 Å². The molecule has 8 nitrogen and oxygen atoms in total. The molecule has 0 saturated carbocycles. The summed E-state index contributed by atoms with van der Waals surface area (Å²) in [6.07, 6.45) is -0.983. The molecule has 0 N–H and O–H groups in total. The van der Waals surface area contributed by atoms with Gasteiger partial charge in [-0.25, -0.2) is 18.3 Å². The van der Waals surface area contributed by atoms with E-state index in [4.69, 9.17) is 13.9 Å². The van der Waals surface area contributed by atoms with E-state index in [0.717, 1.165) is 15.8 Å². The van der Waals surface area contributed by atoms with Gasteiger partial charge >= 0.3 is 0 Å². The predicted octanol–water partition coefficient (Wildman–Crippen LogP) is 4.99. The van der Waals surface area contributed by atoms with E-state index in [1.54, 1.807) is 31.4 Å². The van der Waals surface area contributed by atoms with Crippen LogP contribution in [-0.4, -0.2) is 39.0 Å². The summed E-state index contributed by atoms with van der Waals surface area (Å²) in [6, 6.07) is 15.8. The third kappa shape index (κ3) is 3.94. The number of fused-ring (bicyclic) bond motifs is 1. The molecule has 34 heavy (non-hydrogen) atoms. The lowest BCUT2D eigenvalue weighted by molar-refractivity contribution is 0.143. The highest BCUT2D eigenvalue weighted by molar-refractivity contribution is 5.76. The van der Waals surface area contributed by atoms with E-state index in [1.165, 1.54) is 19.4 Å². The standard InChI is InChI=1S/C24H19F2N5O3/c1-32-15-9-7-14(8-10-15)11-21-29-30-24(34-21)17-13-27-31-19(22(25)26)12-18(28-23(17)31)16-5-3-4-6-20(16)33-2/h3-10,12-13,22H,11H2,1-2H3. The molecule has 5 rings (SSSR count). The van der Waals surface area contributed by atoms with Gasteiger partial charge in [0.2, 0.25) is 5.89 Å². The smallest absolute Gasteiger partial charge is 0.280 e. The van der Waals surface area contributed by atoms with Gasteiger partial charge < -0.3 is 13.9 Å². The minimum Gasteiger partial charge on any atom is -0.497 e. The van der Waals surface area contributed by atoms with Gasteiger partial charge in [0.1, 0.15) is 22.8 Å². The zero-order chi connectivity index (χ0) is 23.7. The molecular formula is C24H19F2N5O3. The lowest BCUT2D eigenvalue weighted by Gasteiger charge is -2.11. The normalized spacial score (nSPS) is 11.3. The van der Waals surface area contributed by atoms with Crippen LogP contribution in [0.25, 0.3) is 28.4 Å². The number of methoxy groups -OCH3 is 2. The molecule has 0 fully saturated rings. The van der Waals surface area contributed by atoms with Gasteiger partial charge in [-0.3, -0.25) is 0 Å². The molecule has 0 saturated heterocycles. The fourth-order valence-corrected chi connectivity index (χ4v) is 3.64. The van der Waals surface area contributed by atoms with Gasteiger partial charge in [-0.1, -0.05) is 24.3 Å². The van der Waals surface area contributed by atoms with E-state index in [2.05, 4.69) is 20.3 Å². The number of hydrogen-bond acceptors (Lipinski definition) is 7. The second kappa shape index (κ2) is 8.89. The van der Waals surface area contributed by atoms with E-state index in [9.17, 15) is 8.78 Å². The molecule has 172 valence electrons. The predicted molar refractivity (Wildman–Crippen MR) is 119 cm³/mol. The third-order valence-corrected chi connectivity index (χ3v) is 5.32. The summed E-state index contributed by atoms with van der Waals surface area (Å²) in [5.41, 5.74) is 2.07. The lowest BCUT2D eigenvalue weighted by Crippen LogP contribution is -2.03. The van der Waals surface area contributed by atoms with Crippen LogP contribution >= 0.6 is 0 Å². The Kier molecular flexibility index (Phi) is 5.62. The molecule has 0 unspecified atom stereocenters. The fraction of sp³-hybridized carbons (Fsp3) is 0.167. The van der Waals surface area contributed by atoms with Gasteiger partial charge in [-0.15, -0.1) is 10.2 Å². The van der Waals surface area contributed by atoms with Gasteiger partial charge in [0.25, 0.3) is 12.3 Å². The van der Waals surface area contributed by atoms with Crippen LogP contribution in [0.15, 0.2) is 65.2 Å². The molecule has 3 heterocycles. The monoisotopic (exact) mass is 463 g/mol. The number of halogens is 2. The number of aromatic nitrogens is 5. The van der Waals surface area contributed by atoms with Crippen molar-refractivity contribution >= 4 is 5.65 Å². The molecule has 0 atom stereocenters. The Bertz CT molecular complexity index is 1450. The van der Waals surface area contributed by atoms with E-state index in [1.807, 2.05) is 24.3 Å². The minimum absolute atomic E-state index is 0.142.